The smallest absolute Gasteiger partial charge is 0.141 e. The number of halogens is 1. The van der Waals surface area contributed by atoms with Gasteiger partial charge in [0.1, 0.15) is 6.29 Å². The lowest BCUT2D eigenvalue weighted by molar-refractivity contribution is -0.108. The van der Waals surface area contributed by atoms with E-state index >= 15 is 0 Å². The van der Waals surface area contributed by atoms with Crippen LogP contribution in [-0.4, -0.2) is 16.1 Å². The van der Waals surface area contributed by atoms with Crippen molar-refractivity contribution in [1.29, 1.82) is 0 Å². The average Bonchev–Trinajstić information content (AvgIpc) is 2.17. The van der Waals surface area contributed by atoms with Crippen LogP contribution in [0.15, 0.2) is 12.4 Å². The summed E-state index contributed by atoms with van der Waals surface area (Å²) >= 11 is 2.14. The van der Waals surface area contributed by atoms with Gasteiger partial charge in [-0.15, -0.1) is 0 Å². The highest BCUT2D eigenvalue weighted by Gasteiger charge is 1.90. The van der Waals surface area contributed by atoms with Crippen molar-refractivity contribution in [3.05, 3.63) is 16.0 Å². The minimum atomic E-state index is 0.350. The van der Waals surface area contributed by atoms with E-state index in [1.165, 1.54) is 0 Å². The molecule has 0 radical (unpaired) electrons. The van der Waals surface area contributed by atoms with Gasteiger partial charge in [0.25, 0.3) is 0 Å². The van der Waals surface area contributed by atoms with Gasteiger partial charge < -0.3 is 4.79 Å². The first-order chi connectivity index (χ1) is 4.33. The molecule has 0 amide bonds. The van der Waals surface area contributed by atoms with Crippen LogP contribution in [0.3, 0.4) is 0 Å². The van der Waals surface area contributed by atoms with Crippen LogP contribution in [0.4, 0.5) is 0 Å². The van der Waals surface area contributed by atoms with Gasteiger partial charge in [-0.3, -0.25) is 4.68 Å². The number of carbonyl (C=O) groups is 1. The molecule has 0 bridgehead atoms. The maximum absolute atomic E-state index is 9.92. The Kier molecular flexibility index (Phi) is 2.21. The molecular weight excluding hydrogens is 231 g/mol. The molecule has 0 aliphatic heterocycles. The number of rotatable bonds is 2. The second kappa shape index (κ2) is 2.95. The van der Waals surface area contributed by atoms with Crippen LogP contribution in [0.25, 0.3) is 0 Å². The Morgan fingerprint density at radius 3 is 3.11 bits per heavy atom. The van der Waals surface area contributed by atoms with Crippen molar-refractivity contribution in [2.75, 3.05) is 0 Å². The number of hydrogen-bond donors (Lipinski definition) is 0. The maximum Gasteiger partial charge on any atom is 0.141 e. The fraction of sp³-hybridized carbons (Fsp3) is 0.200. The van der Waals surface area contributed by atoms with Crippen LogP contribution in [-0.2, 0) is 11.3 Å². The van der Waals surface area contributed by atoms with Crippen molar-refractivity contribution < 1.29 is 4.79 Å². The molecule has 3 nitrogen and oxygen atoms in total. The lowest BCUT2D eigenvalue weighted by atomic mass is 10.7. The largest absolute Gasteiger partial charge is 0.301 e. The van der Waals surface area contributed by atoms with Gasteiger partial charge in [0.05, 0.1) is 16.3 Å². The highest BCUT2D eigenvalue weighted by atomic mass is 127. The lowest BCUT2D eigenvalue weighted by Gasteiger charge is -1.87. The molecule has 1 rings (SSSR count). The van der Waals surface area contributed by atoms with Crippen LogP contribution in [0, 0.1) is 3.57 Å². The van der Waals surface area contributed by atoms with Crippen LogP contribution < -0.4 is 0 Å². The maximum atomic E-state index is 9.92. The molecule has 48 valence electrons. The second-order valence-corrected chi connectivity index (χ2v) is 2.79. The van der Waals surface area contributed by atoms with Crippen molar-refractivity contribution in [2.45, 2.75) is 6.54 Å². The van der Waals surface area contributed by atoms with E-state index in [2.05, 4.69) is 27.7 Å². The first kappa shape index (κ1) is 6.73. The zero-order valence-corrected chi connectivity index (χ0v) is 6.78. The monoisotopic (exact) mass is 236 g/mol. The molecule has 0 aromatic carbocycles. The molecule has 0 saturated heterocycles. The highest BCUT2D eigenvalue weighted by molar-refractivity contribution is 14.1. The van der Waals surface area contributed by atoms with Crippen LogP contribution >= 0.6 is 22.6 Å². The van der Waals surface area contributed by atoms with E-state index in [1.54, 1.807) is 10.9 Å². The quantitative estimate of drug-likeness (QED) is 0.559. The summed E-state index contributed by atoms with van der Waals surface area (Å²) in [5, 5.41) is 3.88. The molecule has 0 aliphatic rings. The number of hydrogen-bond acceptors (Lipinski definition) is 2. The first-order valence-electron chi connectivity index (χ1n) is 2.44. The normalized spacial score (nSPS) is 9.44. The van der Waals surface area contributed by atoms with E-state index in [9.17, 15) is 4.79 Å². The zero-order chi connectivity index (χ0) is 6.69. The average molecular weight is 236 g/mol. The topological polar surface area (TPSA) is 34.9 Å². The van der Waals surface area contributed by atoms with Crippen molar-refractivity contribution >= 4 is 28.9 Å². The second-order valence-electron chi connectivity index (χ2n) is 1.55. The molecule has 0 saturated carbocycles. The summed E-state index contributed by atoms with van der Waals surface area (Å²) in [4.78, 5) is 9.92. The van der Waals surface area contributed by atoms with Crippen molar-refractivity contribution in [3.8, 4) is 0 Å². The van der Waals surface area contributed by atoms with Crippen molar-refractivity contribution in [3.63, 3.8) is 0 Å². The van der Waals surface area contributed by atoms with Gasteiger partial charge in [0, 0.05) is 6.20 Å². The molecule has 1 aromatic rings. The van der Waals surface area contributed by atoms with Crippen molar-refractivity contribution in [2.24, 2.45) is 0 Å². The SMILES string of the molecule is O=CCn1cc(I)cn1. The summed E-state index contributed by atoms with van der Waals surface area (Å²) in [5.41, 5.74) is 0. The number of aldehydes is 1. The minimum Gasteiger partial charge on any atom is -0.301 e. The molecule has 1 heterocycles. The Morgan fingerprint density at radius 2 is 2.67 bits per heavy atom. The molecule has 4 heteroatoms. The number of aromatic nitrogens is 2. The number of carbonyl (C=O) groups excluding carboxylic acids is 1. The Morgan fingerprint density at radius 1 is 1.89 bits per heavy atom. The number of nitrogens with zero attached hydrogens (tertiary/aromatic N) is 2. The molecule has 0 spiro atoms. The van der Waals surface area contributed by atoms with Gasteiger partial charge in [-0.05, 0) is 22.6 Å². The Balaban J connectivity index is 2.72. The Hall–Kier alpha value is -0.390. The summed E-state index contributed by atoms with van der Waals surface area (Å²) in [5.74, 6) is 0. The standard InChI is InChI=1S/C5H5IN2O/c6-5-3-7-8(4-5)1-2-9/h2-4H,1H2. The predicted molar refractivity (Wildman–Crippen MR) is 41.0 cm³/mol. The van der Waals surface area contributed by atoms with Gasteiger partial charge in [0.15, 0.2) is 0 Å². The van der Waals surface area contributed by atoms with Gasteiger partial charge in [-0.1, -0.05) is 0 Å². The molecule has 0 fully saturated rings. The zero-order valence-electron chi connectivity index (χ0n) is 4.62. The van der Waals surface area contributed by atoms with E-state index in [1.807, 2.05) is 6.20 Å². The molecule has 9 heavy (non-hydrogen) atoms. The minimum absolute atomic E-state index is 0.350. The fourth-order valence-electron chi connectivity index (χ4n) is 0.515. The van der Waals surface area contributed by atoms with Gasteiger partial charge >= 0.3 is 0 Å². The van der Waals surface area contributed by atoms with Crippen molar-refractivity contribution in [1.82, 2.24) is 9.78 Å². The van der Waals surface area contributed by atoms with Gasteiger partial charge in [-0.2, -0.15) is 5.10 Å². The third kappa shape index (κ3) is 1.78. The van der Waals surface area contributed by atoms with E-state index in [0.717, 1.165) is 9.86 Å². The summed E-state index contributed by atoms with van der Waals surface area (Å²) < 4.78 is 2.64. The Labute approximate surface area is 66.2 Å². The van der Waals surface area contributed by atoms with Crippen LogP contribution in [0.5, 0.6) is 0 Å². The third-order valence-corrected chi connectivity index (χ3v) is 1.42. The molecular formula is C5H5IN2O. The third-order valence-electron chi connectivity index (χ3n) is 0.863. The van der Waals surface area contributed by atoms with Crippen LogP contribution in [0.2, 0.25) is 0 Å². The van der Waals surface area contributed by atoms with Gasteiger partial charge in [-0.25, -0.2) is 0 Å². The highest BCUT2D eigenvalue weighted by Crippen LogP contribution is 1.99. The molecule has 0 atom stereocenters. The fourth-order valence-corrected chi connectivity index (χ4v) is 0.961. The lowest BCUT2D eigenvalue weighted by Crippen LogP contribution is -1.97. The van der Waals surface area contributed by atoms with E-state index in [0.29, 0.717) is 6.54 Å². The summed E-state index contributed by atoms with van der Waals surface area (Å²) in [7, 11) is 0. The predicted octanol–water partition coefficient (Wildman–Crippen LogP) is 0.687. The summed E-state index contributed by atoms with van der Waals surface area (Å²) in [6.45, 7) is 0.350. The first-order valence-corrected chi connectivity index (χ1v) is 3.52. The summed E-state index contributed by atoms with van der Waals surface area (Å²) in [6.07, 6.45) is 4.35. The molecule has 0 unspecified atom stereocenters. The molecule has 0 N–H and O–H groups in total. The van der Waals surface area contributed by atoms with E-state index < -0.39 is 0 Å². The van der Waals surface area contributed by atoms with E-state index in [-0.39, 0.29) is 0 Å². The van der Waals surface area contributed by atoms with E-state index in [4.69, 9.17) is 0 Å². The Bertz CT molecular complexity index is 208. The van der Waals surface area contributed by atoms with Crippen LogP contribution in [0.1, 0.15) is 0 Å². The molecule has 0 aliphatic carbocycles. The summed E-state index contributed by atoms with van der Waals surface area (Å²) in [6, 6.07) is 0. The molecule has 1 aromatic heterocycles. The van der Waals surface area contributed by atoms with Gasteiger partial charge in [0.2, 0.25) is 0 Å².